The molecule has 0 saturated carbocycles. The molecule has 8 nitrogen and oxygen atoms in total. The van der Waals surface area contributed by atoms with E-state index in [1.807, 2.05) is 24.3 Å². The number of carbonyl (C=O) groups is 2. The first-order valence-corrected chi connectivity index (χ1v) is 10.2. The summed E-state index contributed by atoms with van der Waals surface area (Å²) in [7, 11) is 2.85. The fraction of sp³-hybridized carbons (Fsp3) is 0.174. The number of esters is 1. The highest BCUT2D eigenvalue weighted by Gasteiger charge is 2.35. The van der Waals surface area contributed by atoms with Crippen LogP contribution in [-0.2, 0) is 9.53 Å². The highest BCUT2D eigenvalue weighted by atomic mass is 35.5. The van der Waals surface area contributed by atoms with Gasteiger partial charge < -0.3 is 20.1 Å². The number of anilines is 2. The normalized spacial score (nSPS) is 14.9. The Morgan fingerprint density at radius 1 is 1.12 bits per heavy atom. The van der Waals surface area contributed by atoms with E-state index < -0.39 is 12.0 Å². The van der Waals surface area contributed by atoms with Crippen LogP contribution in [0.3, 0.4) is 0 Å². The Hall–Kier alpha value is -3.78. The highest BCUT2D eigenvalue weighted by molar-refractivity contribution is 6.30. The van der Waals surface area contributed by atoms with Crippen molar-refractivity contribution in [3.8, 4) is 5.75 Å². The van der Waals surface area contributed by atoms with Crippen LogP contribution in [0.15, 0.2) is 66.0 Å². The van der Waals surface area contributed by atoms with E-state index in [0.717, 1.165) is 5.56 Å². The first-order valence-electron chi connectivity index (χ1n) is 9.78. The summed E-state index contributed by atoms with van der Waals surface area (Å²) in [5.74, 6) is 0.130. The van der Waals surface area contributed by atoms with Gasteiger partial charge in [0, 0.05) is 10.7 Å². The molecule has 1 aliphatic rings. The number of hydrogen-bond donors (Lipinski definition) is 2. The molecule has 1 atom stereocenters. The number of hydrogen-bond acceptors (Lipinski definition) is 6. The van der Waals surface area contributed by atoms with E-state index in [1.165, 1.54) is 13.3 Å². The second-order valence-electron chi connectivity index (χ2n) is 7.12. The van der Waals surface area contributed by atoms with Crippen LogP contribution in [0.1, 0.15) is 28.9 Å². The van der Waals surface area contributed by atoms with Crippen molar-refractivity contribution in [1.82, 2.24) is 9.78 Å². The monoisotopic (exact) mass is 452 g/mol. The minimum atomic E-state index is -0.600. The minimum absolute atomic E-state index is 0.273. The first kappa shape index (κ1) is 21.5. The summed E-state index contributed by atoms with van der Waals surface area (Å²) in [5, 5.41) is 11.0. The molecule has 0 bridgehead atoms. The predicted molar refractivity (Wildman–Crippen MR) is 121 cm³/mol. The second-order valence-corrected chi connectivity index (χ2v) is 7.55. The maximum atomic E-state index is 13.5. The number of amides is 1. The summed E-state index contributed by atoms with van der Waals surface area (Å²) in [6, 6.07) is 13.7. The Bertz CT molecular complexity index is 1220. The summed E-state index contributed by atoms with van der Waals surface area (Å²) in [4.78, 5) is 25.7. The van der Waals surface area contributed by atoms with Gasteiger partial charge in [0.1, 0.15) is 23.2 Å². The zero-order chi connectivity index (χ0) is 22.8. The molecule has 9 heteroatoms. The van der Waals surface area contributed by atoms with Crippen molar-refractivity contribution in [1.29, 1.82) is 0 Å². The van der Waals surface area contributed by atoms with Gasteiger partial charge in [-0.3, -0.25) is 4.79 Å². The number of benzene rings is 2. The van der Waals surface area contributed by atoms with Crippen molar-refractivity contribution in [2.24, 2.45) is 0 Å². The zero-order valence-electron chi connectivity index (χ0n) is 17.7. The van der Waals surface area contributed by atoms with Crippen LogP contribution in [0.4, 0.5) is 11.5 Å². The average molecular weight is 453 g/mol. The molecule has 0 radical (unpaired) electrons. The Morgan fingerprint density at radius 2 is 1.84 bits per heavy atom. The summed E-state index contributed by atoms with van der Waals surface area (Å²) in [6.07, 6.45) is 1.42. The van der Waals surface area contributed by atoms with Crippen LogP contribution in [0.5, 0.6) is 5.75 Å². The quantitative estimate of drug-likeness (QED) is 0.562. The van der Waals surface area contributed by atoms with Crippen molar-refractivity contribution in [2.75, 3.05) is 24.9 Å². The topological polar surface area (TPSA) is 94.5 Å². The number of halogens is 1. The number of ether oxygens (including phenoxy) is 2. The molecule has 1 aromatic heterocycles. The van der Waals surface area contributed by atoms with Gasteiger partial charge in [-0.15, -0.1) is 0 Å². The second kappa shape index (κ2) is 8.76. The predicted octanol–water partition coefficient (Wildman–Crippen LogP) is 4.26. The SMILES string of the molecule is COC(=O)c1cnn2c1NC(C)=C(C(=O)Nc1ccccc1OC)C2c1ccc(Cl)cc1. The fourth-order valence-corrected chi connectivity index (χ4v) is 3.83. The largest absolute Gasteiger partial charge is 0.495 e. The summed E-state index contributed by atoms with van der Waals surface area (Å²) < 4.78 is 11.8. The van der Waals surface area contributed by atoms with Gasteiger partial charge in [-0.05, 0) is 36.8 Å². The molecule has 2 heterocycles. The standard InChI is InChI=1S/C23H21ClN4O4/c1-13-19(22(29)27-17-6-4-5-7-18(17)31-2)20(14-8-10-15(24)11-9-14)28-21(26-13)16(12-25-28)23(30)32-3/h4-12,20,26H,1-3H3,(H,27,29). The van der Waals surface area contributed by atoms with Crippen molar-refractivity contribution >= 4 is 35.0 Å². The molecule has 1 aliphatic heterocycles. The van der Waals surface area contributed by atoms with Gasteiger partial charge in [0.15, 0.2) is 0 Å². The molecular weight excluding hydrogens is 432 g/mol. The van der Waals surface area contributed by atoms with Gasteiger partial charge in [0.05, 0.1) is 31.7 Å². The number of carbonyl (C=O) groups excluding carboxylic acids is 2. The molecule has 2 N–H and O–H groups in total. The zero-order valence-corrected chi connectivity index (χ0v) is 18.4. The number of methoxy groups -OCH3 is 2. The number of allylic oxidation sites excluding steroid dienone is 1. The minimum Gasteiger partial charge on any atom is -0.495 e. The number of nitrogens with one attached hydrogen (secondary N) is 2. The van der Waals surface area contributed by atoms with Gasteiger partial charge >= 0.3 is 5.97 Å². The molecule has 1 unspecified atom stereocenters. The number of nitrogens with zero attached hydrogens (tertiary/aromatic N) is 2. The molecule has 0 saturated heterocycles. The van der Waals surface area contributed by atoms with Crippen molar-refractivity contribution < 1.29 is 19.1 Å². The molecule has 4 rings (SSSR count). The third-order valence-corrected chi connectivity index (χ3v) is 5.47. The van der Waals surface area contributed by atoms with Gasteiger partial charge in [-0.25, -0.2) is 9.48 Å². The average Bonchev–Trinajstić information content (AvgIpc) is 3.22. The van der Waals surface area contributed by atoms with Crippen LogP contribution in [0.25, 0.3) is 0 Å². The number of rotatable bonds is 5. The highest BCUT2D eigenvalue weighted by Crippen LogP contribution is 2.38. The Balaban J connectivity index is 1.81. The fourth-order valence-electron chi connectivity index (χ4n) is 3.70. The van der Waals surface area contributed by atoms with Crippen LogP contribution < -0.4 is 15.4 Å². The van der Waals surface area contributed by atoms with E-state index in [1.54, 1.807) is 43.0 Å². The van der Waals surface area contributed by atoms with Gasteiger partial charge in [0.25, 0.3) is 5.91 Å². The number of fused-ring (bicyclic) bond motifs is 1. The lowest BCUT2D eigenvalue weighted by Crippen LogP contribution is -2.31. The summed E-state index contributed by atoms with van der Waals surface area (Å²) in [6.45, 7) is 1.78. The van der Waals surface area contributed by atoms with Crippen LogP contribution in [-0.4, -0.2) is 35.9 Å². The Kier molecular flexibility index (Phi) is 5.87. The van der Waals surface area contributed by atoms with E-state index in [0.29, 0.717) is 33.5 Å². The maximum absolute atomic E-state index is 13.5. The lowest BCUT2D eigenvalue weighted by Gasteiger charge is -2.30. The van der Waals surface area contributed by atoms with Crippen LogP contribution >= 0.6 is 11.6 Å². The van der Waals surface area contributed by atoms with Crippen LogP contribution in [0, 0.1) is 0 Å². The number of aromatic nitrogens is 2. The molecule has 32 heavy (non-hydrogen) atoms. The molecule has 3 aromatic rings. The van der Waals surface area contributed by atoms with Crippen molar-refractivity contribution in [3.05, 3.63) is 82.1 Å². The van der Waals surface area contributed by atoms with Crippen LogP contribution in [0.2, 0.25) is 5.02 Å². The Morgan fingerprint density at radius 3 is 2.53 bits per heavy atom. The Labute approximate surface area is 189 Å². The molecule has 2 aromatic carbocycles. The third kappa shape index (κ3) is 3.80. The smallest absolute Gasteiger partial charge is 0.343 e. The van der Waals surface area contributed by atoms with Gasteiger partial charge in [-0.1, -0.05) is 35.9 Å². The lowest BCUT2D eigenvalue weighted by atomic mass is 9.94. The van der Waals surface area contributed by atoms with Crippen molar-refractivity contribution in [3.63, 3.8) is 0 Å². The van der Waals surface area contributed by atoms with E-state index in [9.17, 15) is 9.59 Å². The van der Waals surface area contributed by atoms with E-state index in [-0.39, 0.29) is 11.5 Å². The summed E-state index contributed by atoms with van der Waals surface area (Å²) in [5.41, 5.74) is 2.61. The summed E-state index contributed by atoms with van der Waals surface area (Å²) >= 11 is 6.08. The maximum Gasteiger partial charge on any atom is 0.343 e. The lowest BCUT2D eigenvalue weighted by molar-refractivity contribution is -0.113. The molecule has 1 amide bonds. The molecule has 0 fully saturated rings. The van der Waals surface area contributed by atoms with Gasteiger partial charge in [-0.2, -0.15) is 5.10 Å². The molecule has 0 aliphatic carbocycles. The molecular formula is C23H21ClN4O4. The van der Waals surface area contributed by atoms with E-state index in [2.05, 4.69) is 15.7 Å². The third-order valence-electron chi connectivity index (χ3n) is 5.21. The number of para-hydroxylation sites is 2. The first-order chi connectivity index (χ1) is 15.4. The molecule has 0 spiro atoms. The van der Waals surface area contributed by atoms with E-state index >= 15 is 0 Å². The van der Waals surface area contributed by atoms with Gasteiger partial charge in [0.2, 0.25) is 0 Å². The van der Waals surface area contributed by atoms with Crippen molar-refractivity contribution in [2.45, 2.75) is 13.0 Å². The molecule has 164 valence electrons. The van der Waals surface area contributed by atoms with E-state index in [4.69, 9.17) is 21.1 Å².